The van der Waals surface area contributed by atoms with Crippen molar-refractivity contribution in [2.24, 2.45) is 0 Å². The fourth-order valence-corrected chi connectivity index (χ4v) is 4.32. The van der Waals surface area contributed by atoms with Crippen LogP contribution in [-0.2, 0) is 14.8 Å². The second-order valence-electron chi connectivity index (χ2n) is 5.61. The number of aromatic nitrogens is 1. The number of carbonyl (C=O) groups is 1. The number of benzene rings is 2. The summed E-state index contributed by atoms with van der Waals surface area (Å²) in [7, 11) is -3.72. The highest BCUT2D eigenvalue weighted by molar-refractivity contribution is 7.92. The summed E-state index contributed by atoms with van der Waals surface area (Å²) in [6.45, 7) is 4.14. The van der Waals surface area contributed by atoms with Crippen LogP contribution < -0.4 is 14.8 Å². The largest absolute Gasteiger partial charge is 0.494 e. The van der Waals surface area contributed by atoms with Gasteiger partial charge in [0, 0.05) is 6.42 Å². The summed E-state index contributed by atoms with van der Waals surface area (Å²) >= 11 is 1.29. The predicted octanol–water partition coefficient (Wildman–Crippen LogP) is 3.84. The van der Waals surface area contributed by atoms with Gasteiger partial charge in [-0.15, -0.1) is 0 Å². The first-order valence-corrected chi connectivity index (χ1v) is 10.7. The highest BCUT2D eigenvalue weighted by Gasteiger charge is 2.15. The molecule has 1 heterocycles. The van der Waals surface area contributed by atoms with E-state index in [1.807, 2.05) is 6.92 Å². The summed E-state index contributed by atoms with van der Waals surface area (Å²) in [5.74, 6) is 0.495. The molecule has 0 aliphatic heterocycles. The number of rotatable bonds is 7. The van der Waals surface area contributed by atoms with Crippen LogP contribution in [0.5, 0.6) is 5.75 Å². The Morgan fingerprint density at radius 2 is 1.89 bits per heavy atom. The quantitative estimate of drug-likeness (QED) is 0.622. The molecule has 0 bridgehead atoms. The van der Waals surface area contributed by atoms with Crippen LogP contribution in [0.15, 0.2) is 47.4 Å². The molecule has 1 amide bonds. The molecule has 3 aromatic rings. The van der Waals surface area contributed by atoms with Gasteiger partial charge >= 0.3 is 0 Å². The number of carbonyl (C=O) groups excluding carboxylic acids is 1. The second-order valence-corrected chi connectivity index (χ2v) is 8.33. The zero-order valence-corrected chi connectivity index (χ0v) is 16.5. The average molecular weight is 406 g/mol. The van der Waals surface area contributed by atoms with E-state index < -0.39 is 10.0 Å². The van der Waals surface area contributed by atoms with Crippen molar-refractivity contribution in [3.8, 4) is 5.75 Å². The topological polar surface area (TPSA) is 97.4 Å². The maximum atomic E-state index is 12.6. The molecule has 7 nitrogen and oxygen atoms in total. The molecule has 2 aromatic carbocycles. The Morgan fingerprint density at radius 1 is 1.15 bits per heavy atom. The number of thiazole rings is 1. The van der Waals surface area contributed by atoms with E-state index in [9.17, 15) is 13.2 Å². The summed E-state index contributed by atoms with van der Waals surface area (Å²) in [6, 6.07) is 11.3. The molecule has 0 fully saturated rings. The van der Waals surface area contributed by atoms with Gasteiger partial charge in [-0.2, -0.15) is 0 Å². The van der Waals surface area contributed by atoms with Crippen LogP contribution in [0.25, 0.3) is 10.2 Å². The van der Waals surface area contributed by atoms with Crippen molar-refractivity contribution in [1.29, 1.82) is 0 Å². The van der Waals surface area contributed by atoms with Crippen molar-refractivity contribution in [1.82, 2.24) is 4.98 Å². The van der Waals surface area contributed by atoms with Crippen molar-refractivity contribution < 1.29 is 17.9 Å². The first-order chi connectivity index (χ1) is 12.9. The first kappa shape index (κ1) is 19.1. The standard InChI is InChI=1S/C18H19N3O4S2/c1-3-17(22)20-18-19-15-10-5-12(11-16(15)26-18)21-27(23,24)14-8-6-13(7-9-14)25-4-2/h5-11,21H,3-4H2,1-2H3,(H,19,20,22). The number of nitrogens with zero attached hydrogens (tertiary/aromatic N) is 1. The lowest BCUT2D eigenvalue weighted by molar-refractivity contribution is -0.115. The van der Waals surface area contributed by atoms with E-state index in [2.05, 4.69) is 15.0 Å². The monoisotopic (exact) mass is 405 g/mol. The van der Waals surface area contributed by atoms with Crippen molar-refractivity contribution in [2.45, 2.75) is 25.2 Å². The third kappa shape index (κ3) is 4.55. The van der Waals surface area contributed by atoms with Gasteiger partial charge in [-0.3, -0.25) is 9.52 Å². The lowest BCUT2D eigenvalue weighted by Crippen LogP contribution is -2.12. The Hall–Kier alpha value is -2.65. The third-order valence-corrected chi connectivity index (χ3v) is 5.98. The van der Waals surface area contributed by atoms with Gasteiger partial charge in [0.25, 0.3) is 10.0 Å². The van der Waals surface area contributed by atoms with Crippen LogP contribution >= 0.6 is 11.3 Å². The molecule has 0 spiro atoms. The van der Waals surface area contributed by atoms with Gasteiger partial charge in [0.1, 0.15) is 5.75 Å². The first-order valence-electron chi connectivity index (χ1n) is 8.37. The maximum Gasteiger partial charge on any atom is 0.261 e. The third-order valence-electron chi connectivity index (χ3n) is 3.65. The Labute approximate surface area is 161 Å². The summed E-state index contributed by atoms with van der Waals surface area (Å²) in [5, 5.41) is 3.20. The molecule has 27 heavy (non-hydrogen) atoms. The minimum atomic E-state index is -3.72. The van der Waals surface area contributed by atoms with Crippen molar-refractivity contribution >= 4 is 48.3 Å². The molecule has 2 N–H and O–H groups in total. The number of fused-ring (bicyclic) bond motifs is 1. The number of nitrogens with one attached hydrogen (secondary N) is 2. The molecule has 9 heteroatoms. The summed E-state index contributed by atoms with van der Waals surface area (Å²) < 4.78 is 33.8. The smallest absolute Gasteiger partial charge is 0.261 e. The lowest BCUT2D eigenvalue weighted by atomic mass is 10.3. The number of hydrogen-bond donors (Lipinski definition) is 2. The van der Waals surface area contributed by atoms with Gasteiger partial charge < -0.3 is 10.1 Å². The van der Waals surface area contributed by atoms with E-state index in [1.165, 1.54) is 23.5 Å². The molecule has 142 valence electrons. The lowest BCUT2D eigenvalue weighted by Gasteiger charge is -2.09. The van der Waals surface area contributed by atoms with Crippen molar-refractivity contribution in [2.75, 3.05) is 16.6 Å². The second kappa shape index (κ2) is 7.93. The van der Waals surface area contributed by atoms with Crippen LogP contribution in [0.2, 0.25) is 0 Å². The molecule has 0 radical (unpaired) electrons. The zero-order valence-electron chi connectivity index (χ0n) is 14.9. The van der Waals surface area contributed by atoms with Crippen LogP contribution in [0.1, 0.15) is 20.3 Å². The number of hydrogen-bond acceptors (Lipinski definition) is 6. The van der Waals surface area contributed by atoms with Gasteiger partial charge in [-0.1, -0.05) is 18.3 Å². The van der Waals surface area contributed by atoms with Gasteiger partial charge in [-0.05, 0) is 49.4 Å². The molecule has 0 aliphatic rings. The maximum absolute atomic E-state index is 12.6. The Balaban J connectivity index is 1.81. The van der Waals surface area contributed by atoms with E-state index in [0.717, 1.165) is 4.70 Å². The van der Waals surface area contributed by atoms with Crippen molar-refractivity contribution in [3.63, 3.8) is 0 Å². The Morgan fingerprint density at radius 3 is 2.56 bits per heavy atom. The molecule has 0 atom stereocenters. The summed E-state index contributed by atoms with van der Waals surface area (Å²) in [4.78, 5) is 16.0. The number of ether oxygens (including phenoxy) is 1. The molecule has 0 saturated heterocycles. The van der Waals surface area contributed by atoms with Gasteiger partial charge in [0.15, 0.2) is 5.13 Å². The average Bonchev–Trinajstić information content (AvgIpc) is 3.03. The number of amides is 1. The summed E-state index contributed by atoms with van der Waals surface area (Å²) in [5.41, 5.74) is 1.11. The fraction of sp³-hybridized carbons (Fsp3) is 0.222. The molecular formula is C18H19N3O4S2. The van der Waals surface area contributed by atoms with Gasteiger partial charge in [0.2, 0.25) is 5.91 Å². The van der Waals surface area contributed by atoms with E-state index in [4.69, 9.17) is 4.74 Å². The minimum absolute atomic E-state index is 0.120. The van der Waals surface area contributed by atoms with Crippen molar-refractivity contribution in [3.05, 3.63) is 42.5 Å². The van der Waals surface area contributed by atoms with Crippen LogP contribution in [0, 0.1) is 0 Å². The minimum Gasteiger partial charge on any atom is -0.494 e. The van der Waals surface area contributed by atoms with Crippen LogP contribution in [0.4, 0.5) is 10.8 Å². The molecule has 0 aliphatic carbocycles. The fourth-order valence-electron chi connectivity index (χ4n) is 2.34. The molecule has 0 saturated carbocycles. The number of anilines is 2. The highest BCUT2D eigenvalue weighted by Crippen LogP contribution is 2.29. The Bertz CT molecular complexity index is 1060. The molecule has 0 unspecified atom stereocenters. The molecule has 3 rings (SSSR count). The van der Waals surface area contributed by atoms with Gasteiger partial charge in [-0.25, -0.2) is 13.4 Å². The van der Waals surface area contributed by atoms with Gasteiger partial charge in [0.05, 0.1) is 27.4 Å². The molecule has 1 aromatic heterocycles. The zero-order chi connectivity index (χ0) is 19.4. The highest BCUT2D eigenvalue weighted by atomic mass is 32.2. The van der Waals surface area contributed by atoms with E-state index in [1.54, 1.807) is 37.3 Å². The SMILES string of the molecule is CCOc1ccc(S(=O)(=O)Nc2ccc3nc(NC(=O)CC)sc3c2)cc1. The van der Waals surface area contributed by atoms with E-state index >= 15 is 0 Å². The predicted molar refractivity (Wildman–Crippen MR) is 107 cm³/mol. The molecular weight excluding hydrogens is 386 g/mol. The van der Waals surface area contributed by atoms with Crippen LogP contribution in [0.3, 0.4) is 0 Å². The van der Waals surface area contributed by atoms with Crippen LogP contribution in [-0.4, -0.2) is 25.9 Å². The normalized spacial score (nSPS) is 11.3. The van der Waals surface area contributed by atoms with E-state index in [-0.39, 0.29) is 10.8 Å². The van der Waals surface area contributed by atoms with E-state index in [0.29, 0.717) is 35.1 Å². The summed E-state index contributed by atoms with van der Waals surface area (Å²) in [6.07, 6.45) is 0.364. The Kier molecular flexibility index (Phi) is 5.62. The number of sulfonamides is 1.